The Hall–Kier alpha value is -4.26. The Balaban J connectivity index is 1.51. The highest BCUT2D eigenvalue weighted by atomic mass is 16.7. The maximum absolute atomic E-state index is 12.9. The second-order valence-corrected chi connectivity index (χ2v) is 6.80. The number of carbonyl (C=O) groups is 1. The Morgan fingerprint density at radius 3 is 2.48 bits per heavy atom. The van der Waals surface area contributed by atoms with Gasteiger partial charge in [0.25, 0.3) is 0 Å². The van der Waals surface area contributed by atoms with Crippen molar-refractivity contribution in [1.29, 1.82) is 0 Å². The Kier molecular flexibility index (Phi) is 4.76. The van der Waals surface area contributed by atoms with Crippen LogP contribution in [-0.2, 0) is 0 Å². The summed E-state index contributed by atoms with van der Waals surface area (Å²) in [7, 11) is 1.61. The van der Waals surface area contributed by atoms with Crippen molar-refractivity contribution in [1.82, 2.24) is 9.78 Å². The normalized spacial score (nSPS) is 11.9. The van der Waals surface area contributed by atoms with Gasteiger partial charge in [-0.05, 0) is 42.5 Å². The van der Waals surface area contributed by atoms with Crippen molar-refractivity contribution in [3.8, 4) is 40.1 Å². The van der Waals surface area contributed by atoms with Crippen LogP contribution in [0.5, 0.6) is 23.1 Å². The quantitative estimate of drug-likeness (QED) is 0.448. The lowest BCUT2D eigenvalue weighted by Crippen LogP contribution is -2.11. The third-order valence-electron chi connectivity index (χ3n) is 4.87. The number of rotatable bonds is 5. The molecule has 3 aromatic carbocycles. The average molecular weight is 414 g/mol. The molecule has 154 valence electrons. The molecule has 0 radical (unpaired) electrons. The summed E-state index contributed by atoms with van der Waals surface area (Å²) >= 11 is 0. The summed E-state index contributed by atoms with van der Waals surface area (Å²) in [6.07, 6.45) is 0. The highest BCUT2D eigenvalue weighted by Gasteiger charge is 2.20. The van der Waals surface area contributed by atoms with Crippen molar-refractivity contribution in [2.45, 2.75) is 0 Å². The summed E-state index contributed by atoms with van der Waals surface area (Å²) < 4.78 is 23.2. The summed E-state index contributed by atoms with van der Waals surface area (Å²) in [6, 6.07) is 23.7. The Labute approximate surface area is 178 Å². The molecule has 0 unspecified atom stereocenters. The summed E-state index contributed by atoms with van der Waals surface area (Å²) in [5.74, 6) is 1.62. The number of ether oxygens (including phenoxy) is 4. The summed E-state index contributed by atoms with van der Waals surface area (Å²) in [5.41, 5.74) is 2.68. The van der Waals surface area contributed by atoms with Crippen LogP contribution in [-0.4, -0.2) is 29.7 Å². The second kappa shape index (κ2) is 7.87. The van der Waals surface area contributed by atoms with Crippen molar-refractivity contribution < 1.29 is 23.7 Å². The summed E-state index contributed by atoms with van der Waals surface area (Å²) in [4.78, 5) is 12.9. The zero-order chi connectivity index (χ0) is 21.2. The van der Waals surface area contributed by atoms with Crippen LogP contribution in [0.3, 0.4) is 0 Å². The molecule has 0 fully saturated rings. The molecule has 1 aliphatic heterocycles. The molecule has 0 atom stereocenters. The minimum Gasteiger partial charge on any atom is -0.497 e. The summed E-state index contributed by atoms with van der Waals surface area (Å²) in [5, 5.41) is 4.66. The molecule has 31 heavy (non-hydrogen) atoms. The molecule has 4 aromatic rings. The number of benzene rings is 3. The van der Waals surface area contributed by atoms with Crippen LogP contribution in [0.15, 0.2) is 78.9 Å². The molecule has 0 saturated carbocycles. The Morgan fingerprint density at radius 2 is 1.71 bits per heavy atom. The first-order valence-corrected chi connectivity index (χ1v) is 9.63. The first-order valence-electron chi connectivity index (χ1n) is 9.63. The number of esters is 1. The lowest BCUT2D eigenvalue weighted by atomic mass is 10.2. The molecule has 0 spiro atoms. The van der Waals surface area contributed by atoms with Gasteiger partial charge in [-0.25, -0.2) is 4.79 Å². The van der Waals surface area contributed by atoms with Crippen molar-refractivity contribution in [3.63, 3.8) is 0 Å². The Bertz CT molecular complexity index is 1230. The van der Waals surface area contributed by atoms with Gasteiger partial charge in [0.2, 0.25) is 12.7 Å². The molecule has 7 heteroatoms. The average Bonchev–Trinajstić information content (AvgIpc) is 3.46. The minimum absolute atomic E-state index is 0.137. The third kappa shape index (κ3) is 3.69. The SMILES string of the molecule is COc1ccc(-n2nc(-c3ccccc3)cc2OC(=O)c2ccc3c(c2)OCO3)cc1. The lowest BCUT2D eigenvalue weighted by molar-refractivity contribution is 0.0722. The molecule has 1 aromatic heterocycles. The van der Waals surface area contributed by atoms with Gasteiger partial charge in [0.15, 0.2) is 11.5 Å². The van der Waals surface area contributed by atoms with Gasteiger partial charge in [-0.2, -0.15) is 9.78 Å². The number of carbonyl (C=O) groups excluding carboxylic acids is 1. The highest BCUT2D eigenvalue weighted by Crippen LogP contribution is 2.33. The molecule has 0 bridgehead atoms. The van der Waals surface area contributed by atoms with E-state index in [0.29, 0.717) is 28.6 Å². The summed E-state index contributed by atoms with van der Waals surface area (Å²) in [6.45, 7) is 0.137. The molecule has 5 rings (SSSR count). The largest absolute Gasteiger partial charge is 0.497 e. The predicted molar refractivity (Wildman–Crippen MR) is 113 cm³/mol. The number of hydrogen-bond donors (Lipinski definition) is 0. The van der Waals surface area contributed by atoms with E-state index in [2.05, 4.69) is 5.10 Å². The predicted octanol–water partition coefficient (Wildman–Crippen LogP) is 4.50. The van der Waals surface area contributed by atoms with Gasteiger partial charge in [-0.15, -0.1) is 0 Å². The van der Waals surface area contributed by atoms with Gasteiger partial charge in [0.05, 0.1) is 24.1 Å². The van der Waals surface area contributed by atoms with Gasteiger partial charge in [0, 0.05) is 11.6 Å². The molecule has 0 saturated heterocycles. The van der Waals surface area contributed by atoms with E-state index in [1.165, 1.54) is 0 Å². The first-order chi connectivity index (χ1) is 15.2. The maximum Gasteiger partial charge on any atom is 0.344 e. The van der Waals surface area contributed by atoms with Crippen LogP contribution in [0.1, 0.15) is 10.4 Å². The molecule has 2 heterocycles. The van der Waals surface area contributed by atoms with Gasteiger partial charge in [0.1, 0.15) is 5.75 Å². The van der Waals surface area contributed by atoms with Crippen LogP contribution in [0.25, 0.3) is 16.9 Å². The topological polar surface area (TPSA) is 71.8 Å². The fourth-order valence-corrected chi connectivity index (χ4v) is 3.27. The van der Waals surface area contributed by atoms with Gasteiger partial charge >= 0.3 is 5.97 Å². The molecule has 7 nitrogen and oxygen atoms in total. The van der Waals surface area contributed by atoms with E-state index in [4.69, 9.17) is 18.9 Å². The standard InChI is InChI=1S/C24H18N2O5/c1-28-19-10-8-18(9-11-19)26-23(14-20(25-26)16-5-3-2-4-6-16)31-24(27)17-7-12-21-22(13-17)30-15-29-21/h2-14H,15H2,1H3. The highest BCUT2D eigenvalue weighted by molar-refractivity contribution is 5.92. The number of aromatic nitrogens is 2. The number of fused-ring (bicyclic) bond motifs is 1. The number of hydrogen-bond acceptors (Lipinski definition) is 6. The third-order valence-corrected chi connectivity index (χ3v) is 4.87. The van der Waals surface area contributed by atoms with E-state index >= 15 is 0 Å². The van der Waals surface area contributed by atoms with Crippen LogP contribution >= 0.6 is 0 Å². The number of methoxy groups -OCH3 is 1. The van der Waals surface area contributed by atoms with E-state index in [-0.39, 0.29) is 6.79 Å². The molecule has 0 aliphatic carbocycles. The van der Waals surface area contributed by atoms with Gasteiger partial charge < -0.3 is 18.9 Å². The van der Waals surface area contributed by atoms with Crippen molar-refractivity contribution >= 4 is 5.97 Å². The number of nitrogens with zero attached hydrogens (tertiary/aromatic N) is 2. The molecule has 1 aliphatic rings. The van der Waals surface area contributed by atoms with E-state index in [0.717, 1.165) is 17.0 Å². The van der Waals surface area contributed by atoms with Crippen molar-refractivity contribution in [3.05, 3.63) is 84.4 Å². The van der Waals surface area contributed by atoms with Crippen molar-refractivity contribution in [2.24, 2.45) is 0 Å². The minimum atomic E-state index is -0.521. The van der Waals surface area contributed by atoms with Gasteiger partial charge in [-0.3, -0.25) is 0 Å². The fraction of sp³-hybridized carbons (Fsp3) is 0.0833. The smallest absolute Gasteiger partial charge is 0.344 e. The van der Waals surface area contributed by atoms with Gasteiger partial charge in [-0.1, -0.05) is 30.3 Å². The molecule has 0 N–H and O–H groups in total. The van der Waals surface area contributed by atoms with E-state index in [1.54, 1.807) is 36.1 Å². The molecular weight excluding hydrogens is 396 g/mol. The fourth-order valence-electron chi connectivity index (χ4n) is 3.27. The monoisotopic (exact) mass is 414 g/mol. The van der Waals surface area contributed by atoms with Crippen LogP contribution in [0.2, 0.25) is 0 Å². The van der Waals surface area contributed by atoms with E-state index in [1.807, 2.05) is 54.6 Å². The molecule has 0 amide bonds. The van der Waals surface area contributed by atoms with Crippen LogP contribution in [0.4, 0.5) is 0 Å². The van der Waals surface area contributed by atoms with Crippen LogP contribution in [0, 0.1) is 0 Å². The zero-order valence-electron chi connectivity index (χ0n) is 16.6. The first kappa shape index (κ1) is 18.7. The maximum atomic E-state index is 12.9. The van der Waals surface area contributed by atoms with E-state index in [9.17, 15) is 4.79 Å². The second-order valence-electron chi connectivity index (χ2n) is 6.80. The zero-order valence-corrected chi connectivity index (χ0v) is 16.6. The Morgan fingerprint density at radius 1 is 0.935 bits per heavy atom. The van der Waals surface area contributed by atoms with Crippen molar-refractivity contribution in [2.75, 3.05) is 13.9 Å². The molecular formula is C24H18N2O5. The van der Waals surface area contributed by atoms with E-state index < -0.39 is 5.97 Å². The lowest BCUT2D eigenvalue weighted by Gasteiger charge is -2.09. The van der Waals surface area contributed by atoms with Crippen LogP contribution < -0.4 is 18.9 Å².